The van der Waals surface area contributed by atoms with Crippen molar-refractivity contribution in [1.29, 1.82) is 0 Å². The van der Waals surface area contributed by atoms with Crippen LogP contribution in [0.4, 0.5) is 0 Å². The van der Waals surface area contributed by atoms with E-state index in [4.69, 9.17) is 5.73 Å². The van der Waals surface area contributed by atoms with E-state index in [0.29, 0.717) is 0 Å². The van der Waals surface area contributed by atoms with E-state index in [0.717, 1.165) is 29.4 Å². The zero-order valence-corrected chi connectivity index (χ0v) is 15.7. The molecule has 1 aliphatic carbocycles. The van der Waals surface area contributed by atoms with Gasteiger partial charge in [0, 0.05) is 11.7 Å². The SMILES string of the molecule is Cc1cc(C)n(-c2ccc(-c3cccc(CC(N)CC4CC4)c3)cc2)n1. The van der Waals surface area contributed by atoms with Gasteiger partial charge in [-0.1, -0.05) is 49.2 Å². The molecule has 0 aliphatic heterocycles. The lowest BCUT2D eigenvalue weighted by Crippen LogP contribution is -2.23. The lowest BCUT2D eigenvalue weighted by atomic mass is 9.97. The third-order valence-corrected chi connectivity index (χ3v) is 5.21. The van der Waals surface area contributed by atoms with Gasteiger partial charge in [0.25, 0.3) is 0 Å². The Hall–Kier alpha value is -2.39. The summed E-state index contributed by atoms with van der Waals surface area (Å²) in [5.41, 5.74) is 13.4. The van der Waals surface area contributed by atoms with Crippen molar-refractivity contribution in [3.63, 3.8) is 0 Å². The van der Waals surface area contributed by atoms with E-state index in [1.807, 2.05) is 11.6 Å². The van der Waals surface area contributed by atoms with Crippen LogP contribution in [0.1, 0.15) is 36.2 Å². The molecule has 1 unspecified atom stereocenters. The second-order valence-electron chi connectivity index (χ2n) is 7.73. The molecule has 0 saturated heterocycles. The van der Waals surface area contributed by atoms with Crippen LogP contribution in [0.15, 0.2) is 54.6 Å². The highest BCUT2D eigenvalue weighted by Gasteiger charge is 2.23. The molecule has 2 aromatic carbocycles. The van der Waals surface area contributed by atoms with E-state index in [2.05, 4.69) is 66.6 Å². The monoisotopic (exact) mass is 345 g/mol. The van der Waals surface area contributed by atoms with Crippen LogP contribution in [0.25, 0.3) is 16.8 Å². The van der Waals surface area contributed by atoms with Crippen LogP contribution in [0.3, 0.4) is 0 Å². The maximum atomic E-state index is 6.33. The maximum Gasteiger partial charge on any atom is 0.0649 e. The largest absolute Gasteiger partial charge is 0.327 e. The summed E-state index contributed by atoms with van der Waals surface area (Å²) >= 11 is 0. The fraction of sp³-hybridized carbons (Fsp3) is 0.348. The van der Waals surface area contributed by atoms with Gasteiger partial charge in [-0.3, -0.25) is 0 Å². The summed E-state index contributed by atoms with van der Waals surface area (Å²) in [4.78, 5) is 0. The first kappa shape index (κ1) is 17.0. The molecular weight excluding hydrogens is 318 g/mol. The van der Waals surface area contributed by atoms with Crippen LogP contribution in [0.2, 0.25) is 0 Å². The Bertz CT molecular complexity index is 888. The van der Waals surface area contributed by atoms with Crippen molar-refractivity contribution >= 4 is 0 Å². The fourth-order valence-electron chi connectivity index (χ4n) is 3.73. The summed E-state index contributed by atoms with van der Waals surface area (Å²) in [5, 5.41) is 4.56. The topological polar surface area (TPSA) is 43.8 Å². The number of aryl methyl sites for hydroxylation is 2. The molecule has 4 rings (SSSR count). The molecule has 1 saturated carbocycles. The smallest absolute Gasteiger partial charge is 0.0649 e. The Morgan fingerprint density at radius 2 is 1.81 bits per heavy atom. The van der Waals surface area contributed by atoms with Crippen LogP contribution in [0, 0.1) is 19.8 Å². The lowest BCUT2D eigenvalue weighted by molar-refractivity contribution is 0.567. The van der Waals surface area contributed by atoms with Gasteiger partial charge in [0.05, 0.1) is 11.4 Å². The van der Waals surface area contributed by atoms with E-state index in [-0.39, 0.29) is 6.04 Å². The lowest BCUT2D eigenvalue weighted by Gasteiger charge is -2.12. The predicted molar refractivity (Wildman–Crippen MR) is 107 cm³/mol. The number of hydrogen-bond acceptors (Lipinski definition) is 2. The first-order valence-corrected chi connectivity index (χ1v) is 9.57. The zero-order valence-electron chi connectivity index (χ0n) is 15.7. The van der Waals surface area contributed by atoms with Gasteiger partial charge in [0.1, 0.15) is 0 Å². The fourth-order valence-corrected chi connectivity index (χ4v) is 3.73. The number of rotatable bonds is 6. The van der Waals surface area contributed by atoms with Crippen molar-refractivity contribution in [2.24, 2.45) is 11.7 Å². The quantitative estimate of drug-likeness (QED) is 0.695. The normalized spacial score (nSPS) is 15.2. The van der Waals surface area contributed by atoms with Gasteiger partial charge in [0.15, 0.2) is 0 Å². The predicted octanol–water partition coefficient (Wildman–Crippen LogP) is 4.83. The summed E-state index contributed by atoms with van der Waals surface area (Å²) in [6.07, 6.45) is 4.88. The van der Waals surface area contributed by atoms with Crippen LogP contribution in [-0.2, 0) is 6.42 Å². The Morgan fingerprint density at radius 1 is 1.04 bits per heavy atom. The van der Waals surface area contributed by atoms with Gasteiger partial charge in [-0.05, 0) is 67.5 Å². The van der Waals surface area contributed by atoms with Gasteiger partial charge in [-0.25, -0.2) is 4.68 Å². The second-order valence-corrected chi connectivity index (χ2v) is 7.73. The summed E-state index contributed by atoms with van der Waals surface area (Å²) in [7, 11) is 0. The Labute approximate surface area is 155 Å². The standard InChI is InChI=1S/C23H27N3/c1-16-12-17(2)26(25-16)23-10-8-20(9-11-23)21-5-3-4-19(13-21)15-22(24)14-18-6-7-18/h3-5,8-13,18,22H,6-7,14-15,24H2,1-2H3. The molecule has 0 amide bonds. The highest BCUT2D eigenvalue weighted by Crippen LogP contribution is 2.33. The van der Waals surface area contributed by atoms with Crippen LogP contribution in [-0.4, -0.2) is 15.8 Å². The van der Waals surface area contributed by atoms with E-state index in [1.54, 1.807) is 0 Å². The Kier molecular flexibility index (Phi) is 4.64. The number of benzene rings is 2. The molecule has 26 heavy (non-hydrogen) atoms. The maximum absolute atomic E-state index is 6.33. The molecule has 1 atom stereocenters. The van der Waals surface area contributed by atoms with Gasteiger partial charge < -0.3 is 5.73 Å². The third-order valence-electron chi connectivity index (χ3n) is 5.21. The van der Waals surface area contributed by atoms with E-state index < -0.39 is 0 Å². The molecule has 134 valence electrons. The first-order chi connectivity index (χ1) is 12.6. The van der Waals surface area contributed by atoms with Crippen molar-refractivity contribution in [2.45, 2.75) is 45.6 Å². The number of nitrogens with zero attached hydrogens (tertiary/aromatic N) is 2. The second kappa shape index (κ2) is 7.08. The minimum absolute atomic E-state index is 0.283. The molecule has 1 aromatic heterocycles. The highest BCUT2D eigenvalue weighted by atomic mass is 15.3. The van der Waals surface area contributed by atoms with E-state index >= 15 is 0 Å². The summed E-state index contributed by atoms with van der Waals surface area (Å²) in [5.74, 6) is 0.884. The van der Waals surface area contributed by atoms with Crippen molar-refractivity contribution in [3.8, 4) is 16.8 Å². The van der Waals surface area contributed by atoms with Crippen molar-refractivity contribution in [1.82, 2.24) is 9.78 Å². The zero-order chi connectivity index (χ0) is 18.1. The van der Waals surface area contributed by atoms with Gasteiger partial charge in [0.2, 0.25) is 0 Å². The van der Waals surface area contributed by atoms with Crippen molar-refractivity contribution in [2.75, 3.05) is 0 Å². The number of hydrogen-bond donors (Lipinski definition) is 1. The summed E-state index contributed by atoms with van der Waals surface area (Å²) < 4.78 is 1.99. The van der Waals surface area contributed by atoms with Crippen molar-refractivity contribution < 1.29 is 0 Å². The Balaban J connectivity index is 1.51. The molecule has 1 heterocycles. The summed E-state index contributed by atoms with van der Waals surface area (Å²) in [6.45, 7) is 4.11. The van der Waals surface area contributed by atoms with E-state index in [9.17, 15) is 0 Å². The number of aromatic nitrogens is 2. The molecule has 1 fully saturated rings. The van der Waals surface area contributed by atoms with Gasteiger partial charge >= 0.3 is 0 Å². The molecule has 0 radical (unpaired) electrons. The van der Waals surface area contributed by atoms with Crippen LogP contribution >= 0.6 is 0 Å². The van der Waals surface area contributed by atoms with Gasteiger partial charge in [-0.15, -0.1) is 0 Å². The summed E-state index contributed by atoms with van der Waals surface area (Å²) in [6, 6.07) is 19.8. The Morgan fingerprint density at radius 3 is 2.46 bits per heavy atom. The molecule has 3 nitrogen and oxygen atoms in total. The van der Waals surface area contributed by atoms with Crippen molar-refractivity contribution in [3.05, 3.63) is 71.5 Å². The molecule has 1 aliphatic rings. The molecule has 0 spiro atoms. The molecule has 3 aromatic rings. The van der Waals surface area contributed by atoms with Crippen LogP contribution in [0.5, 0.6) is 0 Å². The highest BCUT2D eigenvalue weighted by molar-refractivity contribution is 5.65. The minimum Gasteiger partial charge on any atom is -0.327 e. The van der Waals surface area contributed by atoms with E-state index in [1.165, 1.54) is 36.0 Å². The van der Waals surface area contributed by atoms with Crippen LogP contribution < -0.4 is 5.73 Å². The average molecular weight is 345 g/mol. The van der Waals surface area contributed by atoms with Gasteiger partial charge in [-0.2, -0.15) is 5.10 Å². The average Bonchev–Trinajstić information content (AvgIpc) is 3.37. The molecule has 3 heteroatoms. The molecule has 2 N–H and O–H groups in total. The molecular formula is C23H27N3. The number of nitrogens with two attached hydrogens (primary N) is 1. The third kappa shape index (κ3) is 3.88. The molecule has 0 bridgehead atoms. The first-order valence-electron chi connectivity index (χ1n) is 9.57. The minimum atomic E-state index is 0.283.